The van der Waals surface area contributed by atoms with Crippen LogP contribution in [0.3, 0.4) is 0 Å². The molecule has 0 spiro atoms. The molecular weight excluding hydrogens is 374 g/mol. The van der Waals surface area contributed by atoms with Gasteiger partial charge >= 0.3 is 0 Å². The maximum absolute atomic E-state index is 13.3. The van der Waals surface area contributed by atoms with Gasteiger partial charge in [0, 0.05) is 18.2 Å². The highest BCUT2D eigenvalue weighted by Crippen LogP contribution is 2.20. The molecule has 30 heavy (non-hydrogen) atoms. The van der Waals surface area contributed by atoms with E-state index in [-0.39, 0.29) is 22.7 Å². The Morgan fingerprint density at radius 1 is 0.767 bits per heavy atom. The molecule has 0 saturated carbocycles. The van der Waals surface area contributed by atoms with Crippen LogP contribution in [0, 0.1) is 6.92 Å². The van der Waals surface area contributed by atoms with E-state index in [2.05, 4.69) is 4.99 Å². The van der Waals surface area contributed by atoms with Crippen molar-refractivity contribution in [2.45, 2.75) is 6.92 Å². The first-order valence-electron chi connectivity index (χ1n) is 9.66. The number of carbonyl (C=O) groups excluding carboxylic acids is 1. The third-order valence-electron chi connectivity index (χ3n) is 5.05. The van der Waals surface area contributed by atoms with Crippen LogP contribution < -0.4 is 5.56 Å². The number of aromatic nitrogens is 2. The van der Waals surface area contributed by atoms with Gasteiger partial charge in [0.25, 0.3) is 5.56 Å². The summed E-state index contributed by atoms with van der Waals surface area (Å²) in [6.07, 6.45) is 0. The summed E-state index contributed by atoms with van der Waals surface area (Å²) in [5.41, 5.74) is 2.84. The second-order valence-electron chi connectivity index (χ2n) is 6.93. The van der Waals surface area contributed by atoms with Crippen molar-refractivity contribution in [2.24, 2.45) is 12.0 Å². The van der Waals surface area contributed by atoms with Crippen LogP contribution >= 0.6 is 0 Å². The molecule has 1 aromatic heterocycles. The topological polar surface area (TPSA) is 56.4 Å². The van der Waals surface area contributed by atoms with E-state index < -0.39 is 0 Å². The second kappa shape index (κ2) is 8.17. The summed E-state index contributed by atoms with van der Waals surface area (Å²) in [5.74, 6) is -0.226. The first kappa shape index (κ1) is 19.3. The van der Waals surface area contributed by atoms with Crippen molar-refractivity contribution in [3.8, 4) is 5.69 Å². The standard InChI is InChI=1S/C25H21N3O2/c1-18-22(25(30)28(27(18)2)21-16-10-5-11-17-21)26-23(19-12-6-3-7-13-19)24(29)20-14-8-4-9-15-20/h3-17H,1-2H3. The minimum atomic E-state index is -0.268. The number of rotatable bonds is 5. The molecule has 0 fully saturated rings. The fourth-order valence-electron chi connectivity index (χ4n) is 3.36. The van der Waals surface area contributed by atoms with Crippen LogP contribution in [0.1, 0.15) is 21.6 Å². The average Bonchev–Trinajstić information content (AvgIpc) is 3.01. The van der Waals surface area contributed by atoms with Gasteiger partial charge in [-0.25, -0.2) is 9.67 Å². The molecule has 5 heteroatoms. The fraction of sp³-hybridized carbons (Fsp3) is 0.0800. The molecule has 3 aromatic carbocycles. The van der Waals surface area contributed by atoms with Gasteiger partial charge in [0.2, 0.25) is 5.78 Å². The number of benzene rings is 3. The number of para-hydroxylation sites is 1. The predicted molar refractivity (Wildman–Crippen MR) is 119 cm³/mol. The largest absolute Gasteiger partial charge is 0.297 e. The number of hydrogen-bond donors (Lipinski definition) is 0. The first-order valence-corrected chi connectivity index (χ1v) is 9.66. The van der Waals surface area contributed by atoms with Crippen molar-refractivity contribution in [2.75, 3.05) is 0 Å². The Morgan fingerprint density at radius 2 is 1.27 bits per heavy atom. The molecule has 4 aromatic rings. The highest BCUT2D eigenvalue weighted by molar-refractivity contribution is 6.51. The van der Waals surface area contributed by atoms with Crippen molar-refractivity contribution >= 4 is 17.2 Å². The Bertz CT molecular complexity index is 1270. The van der Waals surface area contributed by atoms with Crippen LogP contribution in [0.5, 0.6) is 0 Å². The number of Topliss-reactive ketones (excluding diaryl/α,β-unsaturated/α-hetero) is 1. The van der Waals surface area contributed by atoms with Gasteiger partial charge in [0.05, 0.1) is 11.4 Å². The highest BCUT2D eigenvalue weighted by Gasteiger charge is 2.21. The predicted octanol–water partition coefficient (Wildman–Crippen LogP) is 4.49. The van der Waals surface area contributed by atoms with Gasteiger partial charge in [-0.2, -0.15) is 0 Å². The molecular formula is C25H21N3O2. The Hall–Kier alpha value is -3.99. The summed E-state index contributed by atoms with van der Waals surface area (Å²) in [6, 6.07) is 27.6. The van der Waals surface area contributed by atoms with Gasteiger partial charge in [-0.05, 0) is 19.1 Å². The normalized spacial score (nSPS) is 11.5. The highest BCUT2D eigenvalue weighted by atomic mass is 16.1. The average molecular weight is 395 g/mol. The third-order valence-corrected chi connectivity index (χ3v) is 5.05. The molecule has 4 rings (SSSR count). The van der Waals surface area contributed by atoms with Crippen molar-refractivity contribution < 1.29 is 4.79 Å². The van der Waals surface area contributed by atoms with Crippen molar-refractivity contribution in [1.29, 1.82) is 0 Å². The molecule has 0 amide bonds. The van der Waals surface area contributed by atoms with Gasteiger partial charge in [-0.1, -0.05) is 78.9 Å². The zero-order valence-corrected chi connectivity index (χ0v) is 16.8. The lowest BCUT2D eigenvalue weighted by atomic mass is 10.0. The first-order chi connectivity index (χ1) is 14.6. The second-order valence-corrected chi connectivity index (χ2v) is 6.93. The van der Waals surface area contributed by atoms with Crippen LogP contribution in [0.4, 0.5) is 5.69 Å². The molecule has 0 atom stereocenters. The number of hydrogen-bond acceptors (Lipinski definition) is 3. The Balaban J connectivity index is 1.92. The minimum absolute atomic E-state index is 0.226. The van der Waals surface area contributed by atoms with Crippen LogP contribution in [0.2, 0.25) is 0 Å². The fourth-order valence-corrected chi connectivity index (χ4v) is 3.36. The minimum Gasteiger partial charge on any atom is -0.287 e. The molecule has 0 aliphatic carbocycles. The summed E-state index contributed by atoms with van der Waals surface area (Å²) < 4.78 is 3.32. The van der Waals surface area contributed by atoms with Crippen molar-refractivity contribution in [3.63, 3.8) is 0 Å². The van der Waals surface area contributed by atoms with Gasteiger partial charge in [-0.3, -0.25) is 14.3 Å². The van der Waals surface area contributed by atoms with Gasteiger partial charge < -0.3 is 0 Å². The number of nitrogens with zero attached hydrogens (tertiary/aromatic N) is 3. The van der Waals surface area contributed by atoms with Gasteiger partial charge in [-0.15, -0.1) is 0 Å². The monoisotopic (exact) mass is 395 g/mol. The van der Waals surface area contributed by atoms with Crippen molar-refractivity contribution in [1.82, 2.24) is 9.36 Å². The summed E-state index contributed by atoms with van der Waals surface area (Å²) >= 11 is 0. The molecule has 0 aliphatic heterocycles. The number of aliphatic imine (C=N–C) groups is 1. The van der Waals surface area contributed by atoms with E-state index in [9.17, 15) is 9.59 Å². The van der Waals surface area contributed by atoms with Gasteiger partial charge in [0.1, 0.15) is 5.71 Å². The Labute approximate surface area is 174 Å². The summed E-state index contributed by atoms with van der Waals surface area (Å²) in [6.45, 7) is 1.83. The molecule has 5 nitrogen and oxygen atoms in total. The lowest BCUT2D eigenvalue weighted by Gasteiger charge is -2.07. The smallest absolute Gasteiger partial charge is 0.287 e. The van der Waals surface area contributed by atoms with E-state index in [1.54, 1.807) is 21.5 Å². The third kappa shape index (κ3) is 3.53. The van der Waals surface area contributed by atoms with E-state index in [0.717, 1.165) is 5.69 Å². The van der Waals surface area contributed by atoms with E-state index in [4.69, 9.17) is 0 Å². The van der Waals surface area contributed by atoms with E-state index in [0.29, 0.717) is 16.8 Å². The lowest BCUT2D eigenvalue weighted by Crippen LogP contribution is -2.20. The molecule has 0 aliphatic rings. The maximum atomic E-state index is 13.3. The quantitative estimate of drug-likeness (QED) is 0.369. The molecule has 1 heterocycles. The van der Waals surface area contributed by atoms with E-state index >= 15 is 0 Å². The van der Waals surface area contributed by atoms with E-state index in [1.165, 1.54) is 0 Å². The van der Waals surface area contributed by atoms with Crippen molar-refractivity contribution in [3.05, 3.63) is 118 Å². The zero-order valence-electron chi connectivity index (χ0n) is 16.8. The molecule has 148 valence electrons. The molecule has 0 saturated heterocycles. The van der Waals surface area contributed by atoms with Crippen LogP contribution in [0.15, 0.2) is 101 Å². The zero-order chi connectivity index (χ0) is 21.1. The Morgan fingerprint density at radius 3 is 1.83 bits per heavy atom. The maximum Gasteiger partial charge on any atom is 0.297 e. The molecule has 0 unspecified atom stereocenters. The molecule has 0 bridgehead atoms. The Kier molecular flexibility index (Phi) is 5.26. The lowest BCUT2D eigenvalue weighted by molar-refractivity contribution is 0.106. The van der Waals surface area contributed by atoms with Gasteiger partial charge in [0.15, 0.2) is 5.69 Å². The van der Waals surface area contributed by atoms with Crippen LogP contribution in [-0.2, 0) is 7.05 Å². The number of carbonyl (C=O) groups is 1. The van der Waals surface area contributed by atoms with Crippen LogP contribution in [0.25, 0.3) is 5.69 Å². The molecule has 0 radical (unpaired) electrons. The summed E-state index contributed by atoms with van der Waals surface area (Å²) in [7, 11) is 1.81. The SMILES string of the molecule is Cc1c(N=C(C(=O)c2ccccc2)c2ccccc2)c(=O)n(-c2ccccc2)n1C. The van der Waals surface area contributed by atoms with E-state index in [1.807, 2.05) is 92.8 Å². The summed E-state index contributed by atoms with van der Waals surface area (Å²) in [4.78, 5) is 31.2. The molecule has 0 N–H and O–H groups in total. The number of ketones is 1. The summed E-state index contributed by atoms with van der Waals surface area (Å²) in [5, 5.41) is 0. The van der Waals surface area contributed by atoms with Crippen LogP contribution in [-0.4, -0.2) is 20.9 Å².